The largest absolute Gasteiger partial charge is 0.416 e. The van der Waals surface area contributed by atoms with Crippen molar-refractivity contribution in [1.82, 2.24) is 0 Å². The van der Waals surface area contributed by atoms with E-state index in [1.165, 1.54) is 21.9 Å². The zero-order valence-electron chi connectivity index (χ0n) is 14.0. The molecule has 1 aliphatic heterocycles. The third-order valence-electron chi connectivity index (χ3n) is 4.46. The molecule has 2 amide bonds. The van der Waals surface area contributed by atoms with E-state index in [1.54, 1.807) is 31.3 Å². The highest BCUT2D eigenvalue weighted by molar-refractivity contribution is 6.14. The van der Waals surface area contributed by atoms with Crippen molar-refractivity contribution in [3.63, 3.8) is 0 Å². The van der Waals surface area contributed by atoms with Crippen molar-refractivity contribution in [3.05, 3.63) is 60.2 Å². The van der Waals surface area contributed by atoms with Gasteiger partial charge in [0.25, 0.3) is 0 Å². The summed E-state index contributed by atoms with van der Waals surface area (Å²) in [5, 5.41) is 0. The third kappa shape index (κ3) is 3.42. The summed E-state index contributed by atoms with van der Waals surface area (Å²) in [5.74, 6) is -1.73. The van der Waals surface area contributed by atoms with Crippen LogP contribution in [0.2, 0.25) is 0 Å². The normalized spacial score (nSPS) is 17.5. The number of carbonyl (C=O) groups excluding carboxylic acids is 2. The van der Waals surface area contributed by atoms with Gasteiger partial charge in [-0.1, -0.05) is 24.3 Å². The minimum Gasteiger partial charge on any atom is -0.315 e. The monoisotopic (exact) mass is 362 g/mol. The lowest BCUT2D eigenvalue weighted by Gasteiger charge is -2.21. The van der Waals surface area contributed by atoms with Crippen LogP contribution in [0.25, 0.3) is 0 Å². The molecule has 0 aromatic heterocycles. The molecular weight excluding hydrogens is 345 g/mol. The summed E-state index contributed by atoms with van der Waals surface area (Å²) < 4.78 is 38.7. The molecule has 1 aliphatic rings. The lowest BCUT2D eigenvalue weighted by atomic mass is 10.1. The van der Waals surface area contributed by atoms with E-state index in [-0.39, 0.29) is 24.6 Å². The summed E-state index contributed by atoms with van der Waals surface area (Å²) in [5.41, 5.74) is -0.00992. The Morgan fingerprint density at radius 1 is 1.12 bits per heavy atom. The molecule has 0 bridgehead atoms. The van der Waals surface area contributed by atoms with E-state index < -0.39 is 23.6 Å². The number of halogens is 3. The third-order valence-corrected chi connectivity index (χ3v) is 4.46. The molecule has 0 aliphatic carbocycles. The Hall–Kier alpha value is -2.83. The van der Waals surface area contributed by atoms with Crippen molar-refractivity contribution < 1.29 is 22.8 Å². The van der Waals surface area contributed by atoms with Crippen molar-refractivity contribution in [3.8, 4) is 0 Å². The Labute approximate surface area is 148 Å². The van der Waals surface area contributed by atoms with Gasteiger partial charge in [-0.2, -0.15) is 13.2 Å². The number of hydrogen-bond acceptors (Lipinski definition) is 2. The van der Waals surface area contributed by atoms with Crippen molar-refractivity contribution in [2.45, 2.75) is 12.6 Å². The molecule has 0 N–H and O–H groups in total. The fourth-order valence-electron chi connectivity index (χ4n) is 3.03. The van der Waals surface area contributed by atoms with Gasteiger partial charge in [0.05, 0.1) is 5.56 Å². The first-order valence-corrected chi connectivity index (χ1v) is 8.10. The highest BCUT2D eigenvalue weighted by Gasteiger charge is 2.40. The average molecular weight is 362 g/mol. The molecule has 1 atom stereocenters. The number of benzene rings is 2. The number of nitrogens with zero attached hydrogens (tertiary/aromatic N) is 2. The van der Waals surface area contributed by atoms with E-state index in [4.69, 9.17) is 0 Å². The predicted molar refractivity (Wildman–Crippen MR) is 91.8 cm³/mol. The number of carbonyl (C=O) groups is 2. The van der Waals surface area contributed by atoms with E-state index in [2.05, 4.69) is 0 Å². The highest BCUT2D eigenvalue weighted by atomic mass is 19.4. The van der Waals surface area contributed by atoms with Gasteiger partial charge in [-0.15, -0.1) is 0 Å². The summed E-state index contributed by atoms with van der Waals surface area (Å²) in [6, 6.07) is 13.5. The van der Waals surface area contributed by atoms with Crippen LogP contribution in [0.1, 0.15) is 12.0 Å². The summed E-state index contributed by atoms with van der Waals surface area (Å²) in [7, 11) is 1.58. The first-order valence-electron chi connectivity index (χ1n) is 8.10. The Kier molecular flexibility index (Phi) is 4.71. The average Bonchev–Trinajstić information content (AvgIpc) is 3.02. The van der Waals surface area contributed by atoms with Gasteiger partial charge >= 0.3 is 6.18 Å². The van der Waals surface area contributed by atoms with Gasteiger partial charge in [0.15, 0.2) is 0 Å². The second kappa shape index (κ2) is 6.82. The number of anilines is 2. The highest BCUT2D eigenvalue weighted by Crippen LogP contribution is 2.34. The van der Waals surface area contributed by atoms with Crippen LogP contribution in [-0.4, -0.2) is 25.4 Å². The molecule has 2 aromatic rings. The molecule has 0 radical (unpaired) electrons. The first-order chi connectivity index (χ1) is 12.3. The van der Waals surface area contributed by atoms with Crippen molar-refractivity contribution in [1.29, 1.82) is 0 Å². The molecule has 1 unspecified atom stereocenters. The Bertz CT molecular complexity index is 821. The van der Waals surface area contributed by atoms with Crippen LogP contribution in [0.15, 0.2) is 54.6 Å². The number of hydrogen-bond donors (Lipinski definition) is 0. The molecule has 2 aromatic carbocycles. The van der Waals surface area contributed by atoms with Crippen LogP contribution < -0.4 is 9.80 Å². The fourth-order valence-corrected chi connectivity index (χ4v) is 3.03. The molecular formula is C19H17F3N2O2. The molecule has 7 heteroatoms. The fraction of sp³-hybridized carbons (Fsp3) is 0.263. The van der Waals surface area contributed by atoms with Crippen LogP contribution in [0.3, 0.4) is 0 Å². The topological polar surface area (TPSA) is 40.6 Å². The summed E-state index contributed by atoms with van der Waals surface area (Å²) in [6.07, 6.45) is -4.22. The quantitative estimate of drug-likeness (QED) is 0.781. The second-order valence-electron chi connectivity index (χ2n) is 6.11. The molecule has 136 valence electrons. The van der Waals surface area contributed by atoms with E-state index in [0.29, 0.717) is 5.69 Å². The number of rotatable bonds is 3. The zero-order valence-corrected chi connectivity index (χ0v) is 14.0. The lowest BCUT2D eigenvalue weighted by Crippen LogP contribution is -2.38. The van der Waals surface area contributed by atoms with Crippen molar-refractivity contribution in [2.75, 3.05) is 23.4 Å². The van der Waals surface area contributed by atoms with Crippen LogP contribution in [0.4, 0.5) is 24.5 Å². The smallest absolute Gasteiger partial charge is 0.315 e. The number of alkyl halides is 3. The second-order valence-corrected chi connectivity index (χ2v) is 6.11. The van der Waals surface area contributed by atoms with E-state index >= 15 is 0 Å². The molecule has 4 nitrogen and oxygen atoms in total. The Morgan fingerprint density at radius 3 is 2.46 bits per heavy atom. The van der Waals surface area contributed by atoms with E-state index in [1.807, 2.05) is 6.07 Å². The van der Waals surface area contributed by atoms with Gasteiger partial charge in [-0.3, -0.25) is 9.59 Å². The first kappa shape index (κ1) is 18.0. The molecule has 0 spiro atoms. The molecule has 1 saturated heterocycles. The van der Waals surface area contributed by atoms with Gasteiger partial charge in [0.2, 0.25) is 11.8 Å². The van der Waals surface area contributed by atoms with E-state index in [0.717, 1.165) is 12.1 Å². The lowest BCUT2D eigenvalue weighted by molar-refractivity contribution is -0.137. The minimum absolute atomic E-state index is 0.155. The number of amides is 2. The van der Waals surface area contributed by atoms with Gasteiger partial charge in [-0.05, 0) is 36.8 Å². The number of para-hydroxylation sites is 1. The zero-order chi connectivity index (χ0) is 18.9. The molecule has 1 heterocycles. The summed E-state index contributed by atoms with van der Waals surface area (Å²) in [4.78, 5) is 27.9. The van der Waals surface area contributed by atoms with Gasteiger partial charge in [0, 0.05) is 25.0 Å². The minimum atomic E-state index is -4.48. The van der Waals surface area contributed by atoms with Gasteiger partial charge < -0.3 is 9.80 Å². The molecule has 1 fully saturated rings. The SMILES string of the molecule is CN(C(=O)C1CCN(c2cccc(C(F)(F)F)c2)C1=O)c1ccccc1. The molecule has 26 heavy (non-hydrogen) atoms. The maximum Gasteiger partial charge on any atom is 0.416 e. The van der Waals surface area contributed by atoms with Crippen LogP contribution in [0, 0.1) is 5.92 Å². The maximum atomic E-state index is 12.9. The van der Waals surface area contributed by atoms with Crippen LogP contribution >= 0.6 is 0 Å². The summed E-state index contributed by atoms with van der Waals surface area (Å²) in [6.45, 7) is 0.208. The van der Waals surface area contributed by atoms with Crippen molar-refractivity contribution in [2.24, 2.45) is 5.92 Å². The van der Waals surface area contributed by atoms with E-state index in [9.17, 15) is 22.8 Å². The van der Waals surface area contributed by atoms with Gasteiger partial charge in [-0.25, -0.2) is 0 Å². The Balaban J connectivity index is 1.79. The summed E-state index contributed by atoms with van der Waals surface area (Å²) >= 11 is 0. The van der Waals surface area contributed by atoms with Crippen LogP contribution in [0.5, 0.6) is 0 Å². The van der Waals surface area contributed by atoms with Gasteiger partial charge in [0.1, 0.15) is 5.92 Å². The maximum absolute atomic E-state index is 12.9. The standard InChI is InChI=1S/C19H17F3N2O2/c1-23(14-7-3-2-4-8-14)17(25)16-10-11-24(18(16)26)15-9-5-6-13(12-15)19(20,21)22/h2-9,12,16H,10-11H2,1H3. The molecule has 0 saturated carbocycles. The predicted octanol–water partition coefficient (Wildman–Crippen LogP) is 3.72. The van der Waals surface area contributed by atoms with Crippen LogP contribution in [-0.2, 0) is 15.8 Å². The molecule has 3 rings (SSSR count). The van der Waals surface area contributed by atoms with Crippen molar-refractivity contribution >= 4 is 23.2 Å². The Morgan fingerprint density at radius 2 is 1.81 bits per heavy atom.